The van der Waals surface area contributed by atoms with Crippen LogP contribution in [0.15, 0.2) is 0 Å². The second-order valence-corrected chi connectivity index (χ2v) is 2.57. The summed E-state index contributed by atoms with van der Waals surface area (Å²) >= 11 is 0. The van der Waals surface area contributed by atoms with Gasteiger partial charge in [-0.05, 0) is 0 Å². The van der Waals surface area contributed by atoms with Gasteiger partial charge in [-0.15, -0.1) is 0 Å². The lowest BCUT2D eigenvalue weighted by Gasteiger charge is -1.81. The van der Waals surface area contributed by atoms with Crippen LogP contribution in [0, 0.1) is 0 Å². The van der Waals surface area contributed by atoms with Gasteiger partial charge in [0.1, 0.15) is 0 Å². The third kappa shape index (κ3) is 0.716. The molecular formula is C2H8N2Si. The van der Waals surface area contributed by atoms with Gasteiger partial charge in [-0.2, -0.15) is 0 Å². The van der Waals surface area contributed by atoms with E-state index in [2.05, 4.69) is 16.7 Å². The van der Waals surface area contributed by atoms with Crippen LogP contribution >= 0.6 is 0 Å². The normalized spacial score (nSPS) is 39.0. The van der Waals surface area contributed by atoms with Gasteiger partial charge in [-0.3, -0.25) is 9.77 Å². The summed E-state index contributed by atoms with van der Waals surface area (Å²) in [6.45, 7) is 3.36. The molecule has 0 radical (unpaired) electrons. The van der Waals surface area contributed by atoms with E-state index in [1.165, 1.54) is 6.54 Å². The fourth-order valence-corrected chi connectivity index (χ4v) is 0.821. The van der Waals surface area contributed by atoms with Crippen molar-refractivity contribution in [2.75, 3.05) is 6.54 Å². The molecule has 1 unspecified atom stereocenters. The molecule has 1 atom stereocenters. The zero-order valence-corrected chi connectivity index (χ0v) is 4.78. The third-order valence-electron chi connectivity index (χ3n) is 0.763. The molecule has 1 aliphatic rings. The molecule has 1 fully saturated rings. The zero-order chi connectivity index (χ0) is 3.70. The number of hydrazine groups is 1. The monoisotopic (exact) mass is 88.0 g/mol. The first-order valence-corrected chi connectivity index (χ1v) is 3.26. The minimum atomic E-state index is 0.164. The van der Waals surface area contributed by atoms with Gasteiger partial charge in [-0.25, -0.2) is 0 Å². The molecule has 30 valence electrons. The smallest absolute Gasteiger partial charge is 0.197 e. The molecule has 0 spiro atoms. The number of rotatable bonds is 1. The number of hydrogen-bond donors (Lipinski definition) is 1. The van der Waals surface area contributed by atoms with Crippen LogP contribution in [0.1, 0.15) is 6.92 Å². The molecule has 3 heteroatoms. The van der Waals surface area contributed by atoms with Crippen LogP contribution in [0.3, 0.4) is 0 Å². The molecule has 0 amide bonds. The second kappa shape index (κ2) is 1.08. The fourth-order valence-electron chi connectivity index (χ4n) is 0.274. The molecule has 0 saturated carbocycles. The lowest BCUT2D eigenvalue weighted by atomic mass is 10.8. The first-order valence-electron chi connectivity index (χ1n) is 1.92. The van der Waals surface area contributed by atoms with E-state index in [4.69, 9.17) is 0 Å². The van der Waals surface area contributed by atoms with Crippen molar-refractivity contribution in [1.29, 1.82) is 0 Å². The van der Waals surface area contributed by atoms with Gasteiger partial charge >= 0.3 is 0 Å². The highest BCUT2D eigenvalue weighted by atomic mass is 28.2. The van der Waals surface area contributed by atoms with E-state index in [0.29, 0.717) is 0 Å². The molecular weight excluding hydrogens is 80.1 g/mol. The van der Waals surface area contributed by atoms with E-state index in [1.807, 2.05) is 0 Å². The lowest BCUT2D eigenvalue weighted by molar-refractivity contribution is 0.578. The van der Waals surface area contributed by atoms with Crippen molar-refractivity contribution in [2.45, 2.75) is 6.92 Å². The molecule has 1 rings (SSSR count). The van der Waals surface area contributed by atoms with Crippen molar-refractivity contribution in [1.82, 2.24) is 9.77 Å². The van der Waals surface area contributed by atoms with Gasteiger partial charge < -0.3 is 0 Å². The summed E-state index contributed by atoms with van der Waals surface area (Å²) in [5.74, 6) is 0. The van der Waals surface area contributed by atoms with Crippen molar-refractivity contribution in [3.63, 3.8) is 0 Å². The van der Waals surface area contributed by atoms with Crippen LogP contribution in [0.25, 0.3) is 0 Å². The van der Waals surface area contributed by atoms with Gasteiger partial charge in [0.2, 0.25) is 0 Å². The Bertz CT molecular complexity index is 34.6. The van der Waals surface area contributed by atoms with Gasteiger partial charge in [0.25, 0.3) is 0 Å². The summed E-state index contributed by atoms with van der Waals surface area (Å²) in [4.78, 5) is 0. The quantitative estimate of drug-likeness (QED) is 0.322. The van der Waals surface area contributed by atoms with Crippen LogP contribution < -0.4 is 5.09 Å². The second-order valence-electron chi connectivity index (χ2n) is 1.17. The minimum absolute atomic E-state index is 0.164. The summed E-state index contributed by atoms with van der Waals surface area (Å²) in [6.07, 6.45) is 0. The van der Waals surface area contributed by atoms with Crippen molar-refractivity contribution < 1.29 is 0 Å². The largest absolute Gasteiger partial charge is 0.271 e. The molecule has 0 aromatic rings. The molecule has 1 aliphatic heterocycles. The van der Waals surface area contributed by atoms with Crippen LogP contribution in [0.4, 0.5) is 0 Å². The van der Waals surface area contributed by atoms with Gasteiger partial charge in [-0.1, -0.05) is 6.92 Å². The summed E-state index contributed by atoms with van der Waals surface area (Å²) in [7, 11) is 0.164. The molecule has 1 saturated heterocycles. The van der Waals surface area contributed by atoms with Crippen molar-refractivity contribution in [3.05, 3.63) is 0 Å². The standard InChI is InChI=1S/C2H8N2Si/c1-2-4-3-5-4/h3H,2,5H2,1H3. The Balaban J connectivity index is 2.00. The summed E-state index contributed by atoms with van der Waals surface area (Å²) in [5, 5.41) is 3.16. The average Bonchev–Trinajstić information content (AvgIpc) is 2.12. The maximum absolute atomic E-state index is 3.16. The SMILES string of the molecule is CCN1N[SiH2]1. The van der Waals surface area contributed by atoms with Gasteiger partial charge in [0.05, 0.1) is 0 Å². The average molecular weight is 88.2 g/mol. The van der Waals surface area contributed by atoms with Crippen LogP contribution in [-0.4, -0.2) is 21.1 Å². The predicted molar refractivity (Wildman–Crippen MR) is 24.1 cm³/mol. The third-order valence-corrected chi connectivity index (χ3v) is 1.97. The molecule has 0 aliphatic carbocycles. The Hall–Kier alpha value is 0.137. The Labute approximate surface area is 34.1 Å². The van der Waals surface area contributed by atoms with E-state index in [1.54, 1.807) is 0 Å². The van der Waals surface area contributed by atoms with Crippen molar-refractivity contribution in [3.8, 4) is 0 Å². The van der Waals surface area contributed by atoms with E-state index in [0.717, 1.165) is 0 Å². The lowest BCUT2D eigenvalue weighted by Crippen LogP contribution is -1.95. The van der Waals surface area contributed by atoms with E-state index in [9.17, 15) is 0 Å². The first-order chi connectivity index (χ1) is 2.43. The maximum Gasteiger partial charge on any atom is 0.197 e. The van der Waals surface area contributed by atoms with Crippen LogP contribution in [0.2, 0.25) is 0 Å². The zero-order valence-electron chi connectivity index (χ0n) is 3.36. The molecule has 0 aromatic carbocycles. The molecule has 2 nitrogen and oxygen atoms in total. The Morgan fingerprint density at radius 1 is 2.00 bits per heavy atom. The first kappa shape index (κ1) is 3.33. The summed E-state index contributed by atoms with van der Waals surface area (Å²) in [6, 6.07) is 0. The number of hydrogen-bond acceptors (Lipinski definition) is 2. The highest BCUT2D eigenvalue weighted by Crippen LogP contribution is 1.83. The highest BCUT2D eigenvalue weighted by Gasteiger charge is 2.11. The number of nitrogens with one attached hydrogen (secondary N) is 1. The predicted octanol–water partition coefficient (Wildman–Crippen LogP) is -1.17. The van der Waals surface area contributed by atoms with Gasteiger partial charge in [0, 0.05) is 6.54 Å². The van der Waals surface area contributed by atoms with Crippen LogP contribution in [-0.2, 0) is 0 Å². The molecule has 0 bridgehead atoms. The highest BCUT2D eigenvalue weighted by molar-refractivity contribution is 6.38. The molecule has 0 aromatic heterocycles. The van der Waals surface area contributed by atoms with E-state index >= 15 is 0 Å². The topological polar surface area (TPSA) is 25.0 Å². The van der Waals surface area contributed by atoms with Crippen LogP contribution in [0.5, 0.6) is 0 Å². The summed E-state index contributed by atoms with van der Waals surface area (Å²) in [5.41, 5.74) is 0. The minimum Gasteiger partial charge on any atom is -0.271 e. The van der Waals surface area contributed by atoms with Crippen molar-refractivity contribution >= 4 is 9.84 Å². The Morgan fingerprint density at radius 2 is 2.60 bits per heavy atom. The Morgan fingerprint density at radius 3 is 2.60 bits per heavy atom. The van der Waals surface area contributed by atoms with Gasteiger partial charge in [0.15, 0.2) is 9.84 Å². The summed E-state index contributed by atoms with van der Waals surface area (Å²) < 4.78 is 2.26. The van der Waals surface area contributed by atoms with E-state index in [-0.39, 0.29) is 9.84 Å². The molecule has 1 N–H and O–H groups in total. The molecule has 1 heterocycles. The Kier molecular flexibility index (Phi) is 0.720. The maximum atomic E-state index is 3.16. The van der Waals surface area contributed by atoms with Crippen molar-refractivity contribution in [2.24, 2.45) is 0 Å². The number of nitrogens with zero attached hydrogens (tertiary/aromatic N) is 1. The molecule has 5 heavy (non-hydrogen) atoms. The fraction of sp³-hybridized carbons (Fsp3) is 1.00. The van der Waals surface area contributed by atoms with E-state index < -0.39 is 0 Å².